The largest absolute Gasteiger partial charge is 0.493 e. The van der Waals surface area contributed by atoms with Crippen LogP contribution in [0.1, 0.15) is 46.8 Å². The van der Waals surface area contributed by atoms with Gasteiger partial charge in [0.15, 0.2) is 17.3 Å². The van der Waals surface area contributed by atoms with Gasteiger partial charge in [-0.2, -0.15) is 0 Å². The number of carbonyl (C=O) groups is 2. The fourth-order valence-corrected chi connectivity index (χ4v) is 5.71. The first-order valence-corrected chi connectivity index (χ1v) is 13.2. The van der Waals surface area contributed by atoms with Crippen molar-refractivity contribution in [2.45, 2.75) is 26.4 Å². The van der Waals surface area contributed by atoms with Gasteiger partial charge in [-0.1, -0.05) is 36.4 Å². The van der Waals surface area contributed by atoms with E-state index in [1.807, 2.05) is 31.2 Å². The SMILES string of the molecule is CCOC(=O)C1=C(C)NC2=C(C(=O)c3ccccc32)[C@@H]1c1cc(I)c(OCc2ccc(F)cc2)c(OC)c1. The Morgan fingerprint density at radius 2 is 1.79 bits per heavy atom. The molecule has 0 bridgehead atoms. The van der Waals surface area contributed by atoms with Gasteiger partial charge in [-0.15, -0.1) is 0 Å². The van der Waals surface area contributed by atoms with Crippen LogP contribution >= 0.6 is 22.6 Å². The molecule has 0 unspecified atom stereocenters. The van der Waals surface area contributed by atoms with Crippen LogP contribution in [0.5, 0.6) is 11.5 Å². The van der Waals surface area contributed by atoms with Crippen molar-refractivity contribution in [2.75, 3.05) is 13.7 Å². The predicted octanol–water partition coefficient (Wildman–Crippen LogP) is 6.15. The minimum absolute atomic E-state index is 0.131. The van der Waals surface area contributed by atoms with Crippen molar-refractivity contribution in [3.05, 3.63) is 109 Å². The fraction of sp³-hybridized carbons (Fsp3) is 0.200. The molecule has 1 N–H and O–H groups in total. The van der Waals surface area contributed by atoms with Gasteiger partial charge in [0.1, 0.15) is 12.4 Å². The number of methoxy groups -OCH3 is 1. The van der Waals surface area contributed by atoms with Gasteiger partial charge in [-0.05, 0) is 71.8 Å². The molecule has 0 amide bonds. The quantitative estimate of drug-likeness (QED) is 0.251. The van der Waals surface area contributed by atoms with E-state index in [4.69, 9.17) is 14.2 Å². The number of ketones is 1. The topological polar surface area (TPSA) is 73.9 Å². The van der Waals surface area contributed by atoms with Crippen LogP contribution in [0.2, 0.25) is 0 Å². The molecule has 6 nitrogen and oxygen atoms in total. The van der Waals surface area contributed by atoms with E-state index in [1.54, 1.807) is 31.2 Å². The van der Waals surface area contributed by atoms with Crippen LogP contribution in [-0.2, 0) is 16.1 Å². The lowest BCUT2D eigenvalue weighted by molar-refractivity contribution is -0.138. The van der Waals surface area contributed by atoms with Crippen LogP contribution < -0.4 is 14.8 Å². The van der Waals surface area contributed by atoms with Gasteiger partial charge in [-0.3, -0.25) is 4.79 Å². The van der Waals surface area contributed by atoms with E-state index >= 15 is 0 Å². The van der Waals surface area contributed by atoms with Gasteiger partial charge >= 0.3 is 5.97 Å². The number of dihydropyridines is 1. The highest BCUT2D eigenvalue weighted by atomic mass is 127. The van der Waals surface area contributed by atoms with Crippen LogP contribution in [-0.4, -0.2) is 25.5 Å². The Hall–Kier alpha value is -3.66. The number of carbonyl (C=O) groups excluding carboxylic acids is 2. The highest BCUT2D eigenvalue weighted by Gasteiger charge is 2.43. The molecular formula is C30H25FINO5. The molecule has 0 radical (unpaired) electrons. The number of fused-ring (bicyclic) bond motifs is 2. The fourth-order valence-electron chi connectivity index (χ4n) is 4.92. The third kappa shape index (κ3) is 4.57. The molecule has 1 aliphatic heterocycles. The Kier molecular flexibility index (Phi) is 7.25. The molecule has 1 aliphatic carbocycles. The molecule has 38 heavy (non-hydrogen) atoms. The number of hydrogen-bond acceptors (Lipinski definition) is 6. The van der Waals surface area contributed by atoms with Crippen molar-refractivity contribution >= 4 is 40.0 Å². The van der Waals surface area contributed by atoms with E-state index in [2.05, 4.69) is 27.9 Å². The van der Waals surface area contributed by atoms with Gasteiger partial charge < -0.3 is 19.5 Å². The number of Topliss-reactive ketones (excluding diaryl/α,β-unsaturated/α-hetero) is 1. The molecule has 2 aliphatic rings. The van der Waals surface area contributed by atoms with Crippen LogP contribution in [0.3, 0.4) is 0 Å². The van der Waals surface area contributed by atoms with Crippen LogP contribution in [0.15, 0.2) is 77.5 Å². The standard InChI is InChI=1S/C30H25FINO5/c1-4-37-30(35)24-16(2)33-27-20-7-5-6-8-21(20)28(34)26(27)25(24)18-13-22(32)29(23(14-18)36-3)38-15-17-9-11-19(31)12-10-17/h5-14,25,33H,4,15H2,1-3H3/t25-/m1/s1. The van der Waals surface area contributed by atoms with E-state index in [0.717, 1.165) is 14.7 Å². The minimum atomic E-state index is -0.668. The maximum atomic E-state index is 13.7. The van der Waals surface area contributed by atoms with Gasteiger partial charge in [0.25, 0.3) is 0 Å². The first-order valence-electron chi connectivity index (χ1n) is 12.1. The Morgan fingerprint density at radius 1 is 1.08 bits per heavy atom. The van der Waals surface area contributed by atoms with Crippen molar-refractivity contribution in [1.29, 1.82) is 0 Å². The molecule has 0 spiro atoms. The summed E-state index contributed by atoms with van der Waals surface area (Å²) in [5.41, 5.74) is 5.11. The van der Waals surface area contributed by atoms with E-state index in [1.165, 1.54) is 19.2 Å². The number of halogens is 2. The maximum Gasteiger partial charge on any atom is 0.336 e. The molecule has 0 saturated heterocycles. The number of esters is 1. The summed E-state index contributed by atoms with van der Waals surface area (Å²) in [6.45, 7) is 3.99. The van der Waals surface area contributed by atoms with Gasteiger partial charge in [0, 0.05) is 28.3 Å². The monoisotopic (exact) mass is 625 g/mol. The zero-order valence-electron chi connectivity index (χ0n) is 21.1. The Morgan fingerprint density at radius 3 is 2.47 bits per heavy atom. The van der Waals surface area contributed by atoms with Gasteiger partial charge in [-0.25, -0.2) is 9.18 Å². The molecule has 0 saturated carbocycles. The summed E-state index contributed by atoms with van der Waals surface area (Å²) in [6.07, 6.45) is 0. The molecule has 1 atom stereocenters. The molecule has 8 heteroatoms. The highest BCUT2D eigenvalue weighted by molar-refractivity contribution is 14.1. The number of rotatable bonds is 7. The number of allylic oxidation sites excluding steroid dienone is 2. The normalized spacial score (nSPS) is 16.1. The zero-order chi connectivity index (χ0) is 27.0. The second-order valence-electron chi connectivity index (χ2n) is 8.93. The summed E-state index contributed by atoms with van der Waals surface area (Å²) in [4.78, 5) is 26.9. The third-order valence-electron chi connectivity index (χ3n) is 6.63. The van der Waals surface area contributed by atoms with E-state index < -0.39 is 11.9 Å². The third-order valence-corrected chi connectivity index (χ3v) is 7.43. The molecule has 3 aromatic carbocycles. The Balaban J connectivity index is 1.60. The average Bonchev–Trinajstić information content (AvgIpc) is 3.19. The smallest absolute Gasteiger partial charge is 0.336 e. The van der Waals surface area contributed by atoms with Crippen molar-refractivity contribution < 1.29 is 28.2 Å². The highest BCUT2D eigenvalue weighted by Crippen LogP contribution is 2.48. The van der Waals surface area contributed by atoms with E-state index in [0.29, 0.717) is 45.2 Å². The number of nitrogens with one attached hydrogen (secondary N) is 1. The van der Waals surface area contributed by atoms with Crippen molar-refractivity contribution in [2.24, 2.45) is 0 Å². The first kappa shape index (κ1) is 26.0. The lowest BCUT2D eigenvalue weighted by atomic mass is 9.79. The average molecular weight is 625 g/mol. The number of hydrogen-bond donors (Lipinski definition) is 1. The molecule has 0 aromatic heterocycles. The lowest BCUT2D eigenvalue weighted by Gasteiger charge is -2.30. The maximum absolute atomic E-state index is 13.7. The zero-order valence-corrected chi connectivity index (χ0v) is 23.2. The van der Waals surface area contributed by atoms with Crippen molar-refractivity contribution in [1.82, 2.24) is 5.32 Å². The second-order valence-corrected chi connectivity index (χ2v) is 10.1. The van der Waals surface area contributed by atoms with Crippen LogP contribution in [0.25, 0.3) is 5.70 Å². The first-order chi connectivity index (χ1) is 18.3. The van der Waals surface area contributed by atoms with Crippen molar-refractivity contribution in [3.63, 3.8) is 0 Å². The lowest BCUT2D eigenvalue weighted by Crippen LogP contribution is -2.29. The Bertz CT molecular complexity index is 1510. The number of benzene rings is 3. The van der Waals surface area contributed by atoms with Gasteiger partial charge in [0.2, 0.25) is 0 Å². The summed E-state index contributed by atoms with van der Waals surface area (Å²) >= 11 is 2.16. The Labute approximate surface area is 233 Å². The van der Waals surface area contributed by atoms with Crippen molar-refractivity contribution in [3.8, 4) is 11.5 Å². The molecular weight excluding hydrogens is 600 g/mol. The molecule has 1 heterocycles. The van der Waals surface area contributed by atoms with Crippen LogP contribution in [0.4, 0.5) is 4.39 Å². The summed E-state index contributed by atoms with van der Waals surface area (Å²) < 4.78 is 31.2. The predicted molar refractivity (Wildman–Crippen MR) is 149 cm³/mol. The summed E-state index contributed by atoms with van der Waals surface area (Å²) in [5.74, 6) is -0.622. The summed E-state index contributed by atoms with van der Waals surface area (Å²) in [5, 5.41) is 3.30. The summed E-state index contributed by atoms with van der Waals surface area (Å²) in [7, 11) is 1.54. The van der Waals surface area contributed by atoms with Gasteiger partial charge in [0.05, 0.1) is 28.6 Å². The molecule has 194 valence electrons. The molecule has 3 aromatic rings. The van der Waals surface area contributed by atoms with E-state index in [9.17, 15) is 14.0 Å². The van der Waals surface area contributed by atoms with Crippen LogP contribution in [0, 0.1) is 9.39 Å². The van der Waals surface area contributed by atoms with E-state index in [-0.39, 0.29) is 24.8 Å². The number of ether oxygens (including phenoxy) is 3. The summed E-state index contributed by atoms with van der Waals surface area (Å²) in [6, 6.07) is 17.2. The second kappa shape index (κ2) is 10.6. The minimum Gasteiger partial charge on any atom is -0.493 e. The molecule has 0 fully saturated rings. The molecule has 5 rings (SSSR count).